The molecule has 1 spiro atoms. The van der Waals surface area contributed by atoms with Gasteiger partial charge in [0.15, 0.2) is 5.60 Å². The molecule has 2 fully saturated rings. The van der Waals surface area contributed by atoms with E-state index < -0.39 is 19.8 Å². The molecule has 298 valence electrons. The molecule has 5 aromatic carbocycles. The number of fused-ring (bicyclic) bond motifs is 2. The van der Waals surface area contributed by atoms with Crippen molar-refractivity contribution >= 4 is 58.8 Å². The molecule has 2 saturated heterocycles. The molecule has 58 heavy (non-hydrogen) atoms. The van der Waals surface area contributed by atoms with Gasteiger partial charge >= 0.3 is 0 Å². The summed E-state index contributed by atoms with van der Waals surface area (Å²) in [5, 5.41) is 13.3. The second kappa shape index (κ2) is 14.4. The lowest BCUT2D eigenvalue weighted by Crippen LogP contribution is -2.52. The first-order valence-corrected chi connectivity index (χ1v) is 23.3. The molecule has 0 aromatic heterocycles. The highest BCUT2D eigenvalue weighted by molar-refractivity contribution is 6.91. The number of benzene rings is 5. The van der Waals surface area contributed by atoms with Crippen molar-refractivity contribution < 1.29 is 33.7 Å². The van der Waals surface area contributed by atoms with E-state index in [0.29, 0.717) is 17.9 Å². The van der Waals surface area contributed by atoms with Gasteiger partial charge in [-0.2, -0.15) is 0 Å². The molecule has 10 nitrogen and oxygen atoms in total. The summed E-state index contributed by atoms with van der Waals surface area (Å²) in [6, 6.07) is 33.3. The lowest BCUT2D eigenvalue weighted by molar-refractivity contribution is -0.150. The van der Waals surface area contributed by atoms with E-state index in [4.69, 9.17) is 14.2 Å². The molecule has 0 unspecified atom stereocenters. The van der Waals surface area contributed by atoms with E-state index in [2.05, 4.69) is 32.2 Å². The first kappa shape index (κ1) is 38.0. The second-order valence-corrected chi connectivity index (χ2v) is 21.4. The van der Waals surface area contributed by atoms with E-state index in [9.17, 15) is 14.7 Å². The molecule has 11 heteroatoms. The van der Waals surface area contributed by atoms with Crippen molar-refractivity contribution in [3.8, 4) is 11.5 Å². The van der Waals surface area contributed by atoms with Gasteiger partial charge in [-0.3, -0.25) is 19.3 Å². The highest BCUT2D eigenvalue weighted by atomic mass is 28.3. The van der Waals surface area contributed by atoms with Crippen molar-refractivity contribution in [3.63, 3.8) is 0 Å². The number of rotatable bonds is 10. The van der Waals surface area contributed by atoms with Gasteiger partial charge in [0.1, 0.15) is 11.5 Å². The SMILES string of the molecule is COc1ccc([Si](C)(C)[C@H]2[C@H](CC(=O)N3CCC[C@H]3CO)O[C@@]3(C(=O)N(Cc4ccc(N5C(=O)c6cccc7cccc5c67)cc4)c4ccc(OC)cc43)[C@@H]2C)cc1. The fourth-order valence-electron chi connectivity index (χ4n) is 10.5. The Morgan fingerprint density at radius 3 is 2.31 bits per heavy atom. The molecule has 4 aliphatic heterocycles. The minimum Gasteiger partial charge on any atom is -0.497 e. The van der Waals surface area contributed by atoms with Crippen LogP contribution < -0.4 is 24.5 Å². The monoisotopic (exact) mass is 795 g/mol. The van der Waals surface area contributed by atoms with Gasteiger partial charge in [0.25, 0.3) is 11.8 Å². The van der Waals surface area contributed by atoms with Crippen LogP contribution in [0.2, 0.25) is 18.6 Å². The number of hydrogen-bond donors (Lipinski definition) is 1. The van der Waals surface area contributed by atoms with Crippen LogP contribution in [0.25, 0.3) is 10.8 Å². The Morgan fingerprint density at radius 1 is 0.897 bits per heavy atom. The van der Waals surface area contributed by atoms with E-state index in [1.807, 2.05) is 95.9 Å². The van der Waals surface area contributed by atoms with Crippen LogP contribution in [-0.2, 0) is 26.5 Å². The van der Waals surface area contributed by atoms with E-state index >= 15 is 4.79 Å². The molecule has 3 amide bonds. The number of methoxy groups -OCH3 is 2. The first-order valence-electron chi connectivity index (χ1n) is 20.2. The molecule has 4 heterocycles. The van der Waals surface area contributed by atoms with Crippen LogP contribution in [0.3, 0.4) is 0 Å². The van der Waals surface area contributed by atoms with Crippen LogP contribution in [-0.4, -0.2) is 75.3 Å². The number of anilines is 3. The van der Waals surface area contributed by atoms with Gasteiger partial charge in [-0.15, -0.1) is 0 Å². The fraction of sp³-hybridized carbons (Fsp3) is 0.340. The summed E-state index contributed by atoms with van der Waals surface area (Å²) in [5.74, 6) is 0.785. The van der Waals surface area contributed by atoms with Gasteiger partial charge in [0.2, 0.25) is 5.91 Å². The number of hydrogen-bond acceptors (Lipinski definition) is 7. The highest BCUT2D eigenvalue weighted by Crippen LogP contribution is 2.60. The minimum absolute atomic E-state index is 0.0561. The van der Waals surface area contributed by atoms with Crippen molar-refractivity contribution in [2.24, 2.45) is 5.92 Å². The maximum atomic E-state index is 15.4. The van der Waals surface area contributed by atoms with Crippen molar-refractivity contribution in [1.29, 1.82) is 0 Å². The third-order valence-electron chi connectivity index (χ3n) is 13.4. The molecule has 0 radical (unpaired) electrons. The number of aliphatic hydroxyl groups is 1. The Balaban J connectivity index is 1.07. The van der Waals surface area contributed by atoms with Gasteiger partial charge < -0.3 is 29.1 Å². The zero-order valence-corrected chi connectivity index (χ0v) is 34.6. The normalized spacial score (nSPS) is 23.7. The quantitative estimate of drug-likeness (QED) is 0.148. The molecule has 1 N–H and O–H groups in total. The van der Waals surface area contributed by atoms with Crippen LogP contribution >= 0.6 is 0 Å². The van der Waals surface area contributed by atoms with Crippen LogP contribution in [0.15, 0.2) is 103 Å². The van der Waals surface area contributed by atoms with Crippen molar-refractivity contribution in [1.82, 2.24) is 4.90 Å². The van der Waals surface area contributed by atoms with E-state index in [-0.39, 0.29) is 54.8 Å². The summed E-state index contributed by atoms with van der Waals surface area (Å²) in [5.41, 5.74) is 3.17. The lowest BCUT2D eigenvalue weighted by atomic mass is 9.82. The highest BCUT2D eigenvalue weighted by Gasteiger charge is 2.66. The maximum absolute atomic E-state index is 15.4. The van der Waals surface area contributed by atoms with Gasteiger partial charge in [-0.25, -0.2) is 0 Å². The minimum atomic E-state index is -2.50. The van der Waals surface area contributed by atoms with E-state index in [1.165, 1.54) is 5.19 Å². The summed E-state index contributed by atoms with van der Waals surface area (Å²) in [7, 11) is 0.766. The lowest BCUT2D eigenvalue weighted by Gasteiger charge is -2.37. The number of nitrogens with zero attached hydrogens (tertiary/aromatic N) is 3. The molecular weight excluding hydrogens is 747 g/mol. The van der Waals surface area contributed by atoms with E-state index in [0.717, 1.165) is 57.6 Å². The van der Waals surface area contributed by atoms with Crippen molar-refractivity contribution in [3.05, 3.63) is 120 Å². The van der Waals surface area contributed by atoms with Gasteiger partial charge in [0, 0.05) is 29.1 Å². The zero-order valence-electron chi connectivity index (χ0n) is 33.6. The second-order valence-electron chi connectivity index (χ2n) is 16.7. The Bertz CT molecular complexity index is 2430. The summed E-state index contributed by atoms with van der Waals surface area (Å²) < 4.78 is 18.5. The molecular formula is C47H49N3O7Si. The van der Waals surface area contributed by atoms with Crippen LogP contribution in [0.4, 0.5) is 17.1 Å². The summed E-state index contributed by atoms with van der Waals surface area (Å²) in [6.45, 7) is 7.52. The number of amides is 3. The first-order chi connectivity index (χ1) is 28.0. The zero-order chi connectivity index (χ0) is 40.5. The number of carbonyl (C=O) groups is 3. The number of likely N-dealkylation sites (tertiary alicyclic amines) is 1. The average Bonchev–Trinajstić information content (AvgIpc) is 3.98. The van der Waals surface area contributed by atoms with Gasteiger partial charge in [-0.05, 0) is 83.9 Å². The van der Waals surface area contributed by atoms with Crippen LogP contribution in [0.1, 0.15) is 47.7 Å². The summed E-state index contributed by atoms with van der Waals surface area (Å²) in [6.07, 6.45) is 1.17. The van der Waals surface area contributed by atoms with E-state index in [1.54, 1.807) is 24.0 Å². The summed E-state index contributed by atoms with van der Waals surface area (Å²) >= 11 is 0. The third-order valence-corrected chi connectivity index (χ3v) is 17.8. The molecule has 0 aliphatic carbocycles. The summed E-state index contributed by atoms with van der Waals surface area (Å²) in [4.78, 5) is 48.6. The Kier molecular flexibility index (Phi) is 9.45. The number of ether oxygens (including phenoxy) is 3. The Morgan fingerprint density at radius 2 is 1.60 bits per heavy atom. The molecule has 5 aromatic rings. The number of carbonyl (C=O) groups excluding carboxylic acids is 3. The average molecular weight is 796 g/mol. The number of aliphatic hydroxyl groups excluding tert-OH is 1. The Labute approximate surface area is 339 Å². The smallest absolute Gasteiger partial charge is 0.264 e. The van der Waals surface area contributed by atoms with Crippen molar-refractivity contribution in [2.75, 3.05) is 37.2 Å². The molecule has 9 rings (SSSR count). The van der Waals surface area contributed by atoms with Crippen LogP contribution in [0, 0.1) is 5.92 Å². The van der Waals surface area contributed by atoms with Crippen LogP contribution in [0.5, 0.6) is 11.5 Å². The standard InChI is InChI=1S/C47H49N3O7Si/c1-29-44(58(4,5)36-21-18-34(55-2)19-22-36)41(26-42(52)48-24-8-11-33(48)28-51)57-47(29)38-25-35(56-3)20-23-39(38)49(46(47)54)27-30-14-16-32(17-15-30)50-40-13-7-10-31-9-6-12-37(43(31)40)45(50)53/h6-7,9-10,12-23,25,29,33,41,44,51H,8,11,24,26-28H2,1-5H3/t29-,33+,41+,44-,47+/m1/s1. The van der Waals surface area contributed by atoms with Crippen molar-refractivity contribution in [2.45, 2.75) is 69.1 Å². The molecule has 5 atom stereocenters. The predicted molar refractivity (Wildman–Crippen MR) is 227 cm³/mol. The molecule has 0 bridgehead atoms. The fourth-order valence-corrected chi connectivity index (χ4v) is 14.5. The largest absolute Gasteiger partial charge is 0.497 e. The topological polar surface area (TPSA) is 109 Å². The van der Waals surface area contributed by atoms with Gasteiger partial charge in [0.05, 0.1) is 70.9 Å². The molecule has 4 aliphatic rings. The predicted octanol–water partition coefficient (Wildman–Crippen LogP) is 7.29. The Hall–Kier alpha value is -5.49. The molecule has 0 saturated carbocycles. The van der Waals surface area contributed by atoms with Gasteiger partial charge in [-0.1, -0.05) is 73.7 Å². The maximum Gasteiger partial charge on any atom is 0.264 e. The third kappa shape index (κ3) is 5.77.